The topological polar surface area (TPSA) is 83.7 Å². The molecule has 2 fully saturated rings. The van der Waals surface area contributed by atoms with Gasteiger partial charge in [-0.2, -0.15) is 4.31 Å². The zero-order chi connectivity index (χ0) is 18.9. The summed E-state index contributed by atoms with van der Waals surface area (Å²) >= 11 is 6.06. The molecule has 0 bridgehead atoms. The Morgan fingerprint density at radius 1 is 1.19 bits per heavy atom. The first kappa shape index (κ1) is 22.4. The molecule has 9 heteroatoms. The predicted octanol–water partition coefficient (Wildman–Crippen LogP) is 2.50. The molecule has 1 aromatic carbocycles. The molecule has 27 heavy (non-hydrogen) atoms. The lowest BCUT2D eigenvalue weighted by atomic mass is 9.74. The van der Waals surface area contributed by atoms with Crippen LogP contribution in [0.3, 0.4) is 0 Å². The largest absolute Gasteiger partial charge is 0.340 e. The van der Waals surface area contributed by atoms with Crippen molar-refractivity contribution in [2.24, 2.45) is 11.7 Å². The van der Waals surface area contributed by atoms with Gasteiger partial charge in [-0.25, -0.2) is 8.42 Å². The van der Waals surface area contributed by atoms with Gasteiger partial charge in [0, 0.05) is 31.7 Å². The van der Waals surface area contributed by atoms with Gasteiger partial charge >= 0.3 is 0 Å². The summed E-state index contributed by atoms with van der Waals surface area (Å²) in [4.78, 5) is 14.8. The Hall–Kier alpha value is -0.860. The molecule has 2 unspecified atom stereocenters. The van der Waals surface area contributed by atoms with E-state index in [1.165, 1.54) is 10.4 Å². The summed E-state index contributed by atoms with van der Waals surface area (Å²) in [5.41, 5.74) is 5.87. The summed E-state index contributed by atoms with van der Waals surface area (Å²) in [7, 11) is -3.65. The number of hydrogen-bond acceptors (Lipinski definition) is 4. The fourth-order valence-electron chi connectivity index (χ4n) is 3.93. The van der Waals surface area contributed by atoms with Gasteiger partial charge in [-0.3, -0.25) is 4.79 Å². The molecule has 1 aliphatic carbocycles. The van der Waals surface area contributed by atoms with Crippen molar-refractivity contribution in [1.82, 2.24) is 9.21 Å². The minimum absolute atomic E-state index is 0. The summed E-state index contributed by atoms with van der Waals surface area (Å²) in [6, 6.07) is 6.44. The Bertz CT molecular complexity index is 778. The Balaban J connectivity index is 0.00000261. The molecule has 152 valence electrons. The number of amides is 1. The van der Waals surface area contributed by atoms with Gasteiger partial charge in [-0.05, 0) is 31.9 Å². The molecule has 1 aliphatic heterocycles. The van der Waals surface area contributed by atoms with Crippen LogP contribution in [-0.2, 0) is 14.8 Å². The third-order valence-electron chi connectivity index (χ3n) is 5.56. The van der Waals surface area contributed by atoms with Crippen molar-refractivity contribution in [2.45, 2.75) is 43.0 Å². The van der Waals surface area contributed by atoms with Crippen molar-refractivity contribution in [2.75, 3.05) is 26.2 Å². The van der Waals surface area contributed by atoms with Crippen molar-refractivity contribution in [3.05, 3.63) is 29.3 Å². The van der Waals surface area contributed by atoms with Gasteiger partial charge in [0.05, 0.1) is 10.9 Å². The Morgan fingerprint density at radius 2 is 1.81 bits per heavy atom. The molecule has 2 N–H and O–H groups in total. The molecule has 3 rings (SSSR count). The van der Waals surface area contributed by atoms with Gasteiger partial charge in [0.25, 0.3) is 0 Å². The summed E-state index contributed by atoms with van der Waals surface area (Å²) in [6.45, 7) is 3.26. The van der Waals surface area contributed by atoms with E-state index in [9.17, 15) is 13.2 Å². The zero-order valence-electron chi connectivity index (χ0n) is 15.4. The number of carbonyl (C=O) groups excluding carboxylic acids is 1. The maximum absolute atomic E-state index is 12.9. The summed E-state index contributed by atoms with van der Waals surface area (Å²) in [5.74, 6) is -0.118. The molecule has 0 spiro atoms. The van der Waals surface area contributed by atoms with Gasteiger partial charge < -0.3 is 10.6 Å². The lowest BCUT2D eigenvalue weighted by Gasteiger charge is -2.42. The van der Waals surface area contributed by atoms with E-state index in [0.29, 0.717) is 13.1 Å². The molecule has 1 amide bonds. The fourth-order valence-corrected chi connectivity index (χ4v) is 5.84. The summed E-state index contributed by atoms with van der Waals surface area (Å²) in [5, 5.41) is 0.215. The number of benzene rings is 1. The van der Waals surface area contributed by atoms with Crippen LogP contribution in [0, 0.1) is 5.92 Å². The average Bonchev–Trinajstić information content (AvgIpc) is 2.61. The van der Waals surface area contributed by atoms with Gasteiger partial charge in [-0.15, -0.1) is 12.4 Å². The average molecular weight is 436 g/mol. The van der Waals surface area contributed by atoms with Crippen molar-refractivity contribution in [3.8, 4) is 0 Å². The number of rotatable bonds is 3. The standard InChI is InChI=1S/C18H26ClN3O3S.ClH/c1-18(20)9-5-4-6-14(18)17(23)21-10-12-22(13-11-21)26(24,25)16-8-3-2-7-15(16)19;/h2-3,7-8,14H,4-6,9-13,20H2,1H3;1H. The number of halogens is 2. The first-order chi connectivity index (χ1) is 12.2. The maximum atomic E-state index is 12.9. The minimum atomic E-state index is -3.65. The molecular formula is C18H27Cl2N3O3S. The van der Waals surface area contributed by atoms with Crippen LogP contribution in [0.4, 0.5) is 0 Å². The second-order valence-electron chi connectivity index (χ2n) is 7.46. The number of nitrogens with two attached hydrogens (primary N) is 1. The highest BCUT2D eigenvalue weighted by Gasteiger charge is 2.41. The van der Waals surface area contributed by atoms with Crippen molar-refractivity contribution in [3.63, 3.8) is 0 Å². The fraction of sp³-hybridized carbons (Fsp3) is 0.611. The molecule has 1 heterocycles. The molecule has 2 aliphatic rings. The van der Waals surface area contributed by atoms with Crippen LogP contribution in [0.15, 0.2) is 29.2 Å². The number of carbonyl (C=O) groups is 1. The minimum Gasteiger partial charge on any atom is -0.340 e. The van der Waals surface area contributed by atoms with Gasteiger partial charge in [0.1, 0.15) is 4.90 Å². The van der Waals surface area contributed by atoms with Crippen LogP contribution in [-0.4, -0.2) is 55.2 Å². The predicted molar refractivity (Wildman–Crippen MR) is 109 cm³/mol. The molecule has 2 atom stereocenters. The van der Waals surface area contributed by atoms with E-state index in [1.54, 1.807) is 23.1 Å². The molecule has 6 nitrogen and oxygen atoms in total. The van der Waals surface area contributed by atoms with Gasteiger partial charge in [0.15, 0.2) is 0 Å². The second-order valence-corrected chi connectivity index (χ2v) is 9.78. The lowest BCUT2D eigenvalue weighted by molar-refractivity contribution is -0.140. The van der Waals surface area contributed by atoms with E-state index in [4.69, 9.17) is 17.3 Å². The Kier molecular flexibility index (Phi) is 7.19. The monoisotopic (exact) mass is 435 g/mol. The van der Waals surface area contributed by atoms with E-state index in [1.807, 2.05) is 6.92 Å². The second kappa shape index (κ2) is 8.66. The number of nitrogens with zero attached hydrogens (tertiary/aromatic N) is 2. The summed E-state index contributed by atoms with van der Waals surface area (Å²) < 4.78 is 27.0. The molecule has 0 aromatic heterocycles. The van der Waals surface area contributed by atoms with Crippen molar-refractivity contribution < 1.29 is 13.2 Å². The number of sulfonamides is 1. The Morgan fingerprint density at radius 3 is 2.41 bits per heavy atom. The quantitative estimate of drug-likeness (QED) is 0.789. The van der Waals surface area contributed by atoms with Gasteiger partial charge in [-0.1, -0.05) is 36.6 Å². The zero-order valence-corrected chi connectivity index (χ0v) is 17.8. The molecule has 1 saturated heterocycles. The van der Waals surface area contributed by atoms with Crippen LogP contribution >= 0.6 is 24.0 Å². The first-order valence-electron chi connectivity index (χ1n) is 9.06. The molecule has 1 aromatic rings. The van der Waals surface area contributed by atoms with Crippen molar-refractivity contribution >= 4 is 39.9 Å². The SMILES string of the molecule is CC1(N)CCCCC1C(=O)N1CCN(S(=O)(=O)c2ccccc2Cl)CC1.Cl. The summed E-state index contributed by atoms with van der Waals surface area (Å²) in [6.07, 6.45) is 3.74. The third kappa shape index (κ3) is 4.59. The van der Waals surface area contributed by atoms with E-state index in [-0.39, 0.29) is 47.2 Å². The van der Waals surface area contributed by atoms with Gasteiger partial charge in [0.2, 0.25) is 15.9 Å². The van der Waals surface area contributed by atoms with E-state index in [0.717, 1.165) is 25.7 Å². The third-order valence-corrected chi connectivity index (χ3v) is 7.96. The van der Waals surface area contributed by atoms with Crippen LogP contribution in [0.1, 0.15) is 32.6 Å². The molecular weight excluding hydrogens is 409 g/mol. The van der Waals surface area contributed by atoms with E-state index < -0.39 is 15.6 Å². The Labute approximate surface area is 172 Å². The highest BCUT2D eigenvalue weighted by molar-refractivity contribution is 7.89. The number of hydrogen-bond donors (Lipinski definition) is 1. The van der Waals surface area contributed by atoms with Crippen LogP contribution in [0.2, 0.25) is 5.02 Å². The van der Waals surface area contributed by atoms with Crippen LogP contribution < -0.4 is 5.73 Å². The molecule has 1 saturated carbocycles. The number of piperazine rings is 1. The maximum Gasteiger partial charge on any atom is 0.244 e. The molecule has 0 radical (unpaired) electrons. The first-order valence-corrected chi connectivity index (χ1v) is 10.9. The van der Waals surface area contributed by atoms with E-state index in [2.05, 4.69) is 0 Å². The van der Waals surface area contributed by atoms with Crippen molar-refractivity contribution in [1.29, 1.82) is 0 Å². The highest BCUT2D eigenvalue weighted by atomic mass is 35.5. The van der Waals surface area contributed by atoms with Crippen LogP contribution in [0.5, 0.6) is 0 Å². The lowest BCUT2D eigenvalue weighted by Crippen LogP contribution is -2.57. The van der Waals surface area contributed by atoms with E-state index >= 15 is 0 Å². The normalized spacial score (nSPS) is 27.1. The highest BCUT2D eigenvalue weighted by Crippen LogP contribution is 2.33. The smallest absolute Gasteiger partial charge is 0.244 e. The van der Waals surface area contributed by atoms with Crippen LogP contribution in [0.25, 0.3) is 0 Å².